The molecule has 1 aromatic carbocycles. The quantitative estimate of drug-likeness (QED) is 0.669. The Morgan fingerprint density at radius 2 is 2.20 bits per heavy atom. The molecule has 0 fully saturated rings. The number of hydrogen-bond acceptors (Lipinski definition) is 3. The van der Waals surface area contributed by atoms with Crippen LogP contribution in [0.3, 0.4) is 0 Å². The molecule has 0 atom stereocenters. The largest absolute Gasteiger partial charge is 0.464 e. The Morgan fingerprint density at radius 3 is 2.93 bits per heavy atom. The molecule has 0 aliphatic carbocycles. The van der Waals surface area contributed by atoms with Gasteiger partial charge in [-0.15, -0.1) is 0 Å². The fourth-order valence-corrected chi connectivity index (χ4v) is 1.44. The van der Waals surface area contributed by atoms with Crippen molar-refractivity contribution in [3.05, 3.63) is 42.0 Å². The van der Waals surface area contributed by atoms with Crippen LogP contribution in [-0.2, 0) is 4.74 Å². The van der Waals surface area contributed by atoms with E-state index < -0.39 is 11.8 Å². The molecule has 0 aliphatic heterocycles. The number of pyridine rings is 1. The van der Waals surface area contributed by atoms with Gasteiger partial charge in [-0.25, -0.2) is 14.2 Å². The average molecular weight is 205 g/mol. The second-order valence-corrected chi connectivity index (χ2v) is 2.99. The SMILES string of the molecule is COC(=O)c1nccc2cccc(F)c12. The number of hydrogen-bond donors (Lipinski definition) is 0. The lowest BCUT2D eigenvalue weighted by atomic mass is 10.1. The van der Waals surface area contributed by atoms with Gasteiger partial charge in [0.25, 0.3) is 0 Å². The number of nitrogens with zero attached hydrogens (tertiary/aromatic N) is 1. The number of rotatable bonds is 1. The number of aromatic nitrogens is 1. The minimum atomic E-state index is -0.634. The van der Waals surface area contributed by atoms with Crippen LogP contribution in [0.4, 0.5) is 4.39 Å². The highest BCUT2D eigenvalue weighted by atomic mass is 19.1. The number of benzene rings is 1. The van der Waals surface area contributed by atoms with Gasteiger partial charge in [0.2, 0.25) is 0 Å². The van der Waals surface area contributed by atoms with Crippen LogP contribution in [0.1, 0.15) is 10.5 Å². The zero-order valence-electron chi connectivity index (χ0n) is 8.03. The molecular formula is C11H8FNO2. The number of methoxy groups -OCH3 is 1. The molecule has 76 valence electrons. The van der Waals surface area contributed by atoms with Gasteiger partial charge in [0.15, 0.2) is 5.69 Å². The van der Waals surface area contributed by atoms with E-state index in [4.69, 9.17) is 0 Å². The zero-order valence-corrected chi connectivity index (χ0v) is 8.03. The van der Waals surface area contributed by atoms with Crippen LogP contribution in [0.2, 0.25) is 0 Å². The van der Waals surface area contributed by atoms with Crippen LogP contribution >= 0.6 is 0 Å². The van der Waals surface area contributed by atoms with Crippen molar-refractivity contribution in [1.82, 2.24) is 4.98 Å². The van der Waals surface area contributed by atoms with Gasteiger partial charge in [-0.3, -0.25) is 0 Å². The summed E-state index contributed by atoms with van der Waals surface area (Å²) in [6, 6.07) is 6.23. The number of fused-ring (bicyclic) bond motifs is 1. The maximum Gasteiger partial charge on any atom is 0.357 e. The molecule has 0 saturated heterocycles. The van der Waals surface area contributed by atoms with Crippen molar-refractivity contribution in [3.63, 3.8) is 0 Å². The number of esters is 1. The van der Waals surface area contributed by atoms with E-state index in [0.29, 0.717) is 5.39 Å². The highest BCUT2D eigenvalue weighted by Crippen LogP contribution is 2.20. The van der Waals surface area contributed by atoms with Gasteiger partial charge in [-0.05, 0) is 17.5 Å². The molecule has 0 N–H and O–H groups in total. The Morgan fingerprint density at radius 1 is 1.40 bits per heavy atom. The van der Waals surface area contributed by atoms with Crippen LogP contribution in [-0.4, -0.2) is 18.1 Å². The van der Waals surface area contributed by atoms with Crippen molar-refractivity contribution in [1.29, 1.82) is 0 Å². The summed E-state index contributed by atoms with van der Waals surface area (Å²) in [4.78, 5) is 15.2. The van der Waals surface area contributed by atoms with E-state index >= 15 is 0 Å². The number of ether oxygens (including phenoxy) is 1. The molecule has 0 aliphatic rings. The highest BCUT2D eigenvalue weighted by molar-refractivity contribution is 6.02. The maximum atomic E-state index is 13.5. The lowest BCUT2D eigenvalue weighted by Crippen LogP contribution is -2.05. The minimum Gasteiger partial charge on any atom is -0.464 e. The molecule has 0 amide bonds. The van der Waals surface area contributed by atoms with E-state index in [-0.39, 0.29) is 11.1 Å². The van der Waals surface area contributed by atoms with E-state index in [1.807, 2.05) is 0 Å². The maximum absolute atomic E-state index is 13.5. The second-order valence-electron chi connectivity index (χ2n) is 2.99. The molecule has 0 bridgehead atoms. The third-order valence-electron chi connectivity index (χ3n) is 2.12. The van der Waals surface area contributed by atoms with Gasteiger partial charge >= 0.3 is 5.97 Å². The van der Waals surface area contributed by atoms with Gasteiger partial charge in [0.1, 0.15) is 5.82 Å². The fraction of sp³-hybridized carbons (Fsp3) is 0.0909. The summed E-state index contributed by atoms with van der Waals surface area (Å²) in [5, 5.41) is 0.831. The summed E-state index contributed by atoms with van der Waals surface area (Å²) in [7, 11) is 1.24. The first kappa shape index (κ1) is 9.58. The first-order valence-electron chi connectivity index (χ1n) is 4.35. The monoisotopic (exact) mass is 205 g/mol. The molecule has 15 heavy (non-hydrogen) atoms. The van der Waals surface area contributed by atoms with Crippen LogP contribution in [0, 0.1) is 5.82 Å². The first-order chi connectivity index (χ1) is 7.24. The number of halogens is 1. The molecule has 3 nitrogen and oxygen atoms in total. The Kier molecular flexibility index (Phi) is 2.33. The first-order valence-corrected chi connectivity index (χ1v) is 4.35. The van der Waals surface area contributed by atoms with Crippen molar-refractivity contribution >= 4 is 16.7 Å². The lowest BCUT2D eigenvalue weighted by molar-refractivity contribution is 0.0596. The molecule has 1 aromatic heterocycles. The normalized spacial score (nSPS) is 10.3. The molecule has 2 rings (SSSR count). The third kappa shape index (κ3) is 1.54. The average Bonchev–Trinajstić information content (AvgIpc) is 2.28. The third-order valence-corrected chi connectivity index (χ3v) is 2.12. The van der Waals surface area contributed by atoms with Crippen LogP contribution < -0.4 is 0 Å². The van der Waals surface area contributed by atoms with Crippen LogP contribution in [0.15, 0.2) is 30.5 Å². The fourth-order valence-electron chi connectivity index (χ4n) is 1.44. The summed E-state index contributed by atoms with van der Waals surface area (Å²) >= 11 is 0. The van der Waals surface area contributed by atoms with Gasteiger partial charge in [0, 0.05) is 6.20 Å². The van der Waals surface area contributed by atoms with E-state index in [1.54, 1.807) is 18.2 Å². The van der Waals surface area contributed by atoms with Crippen LogP contribution in [0.5, 0.6) is 0 Å². The Bertz CT molecular complexity index is 520. The van der Waals surface area contributed by atoms with Gasteiger partial charge in [-0.1, -0.05) is 12.1 Å². The minimum absolute atomic E-state index is 0.00750. The summed E-state index contributed by atoms with van der Waals surface area (Å²) < 4.78 is 18.0. The summed E-state index contributed by atoms with van der Waals surface area (Å²) in [5.74, 6) is -1.10. The topological polar surface area (TPSA) is 39.2 Å². The van der Waals surface area contributed by atoms with E-state index in [1.165, 1.54) is 19.4 Å². The van der Waals surface area contributed by atoms with Crippen molar-refractivity contribution in [2.75, 3.05) is 7.11 Å². The van der Waals surface area contributed by atoms with Crippen molar-refractivity contribution in [2.45, 2.75) is 0 Å². The number of carbonyl (C=O) groups excluding carboxylic acids is 1. The smallest absolute Gasteiger partial charge is 0.357 e. The highest BCUT2D eigenvalue weighted by Gasteiger charge is 2.14. The van der Waals surface area contributed by atoms with E-state index in [2.05, 4.69) is 9.72 Å². The Balaban J connectivity index is 2.80. The molecular weight excluding hydrogens is 197 g/mol. The van der Waals surface area contributed by atoms with E-state index in [9.17, 15) is 9.18 Å². The molecule has 4 heteroatoms. The summed E-state index contributed by atoms with van der Waals surface area (Å²) in [5.41, 5.74) is 0.00750. The zero-order chi connectivity index (χ0) is 10.8. The standard InChI is InChI=1S/C11H8FNO2/c1-15-11(14)10-9-7(5-6-13-10)3-2-4-8(9)12/h2-6H,1H3. The molecule has 0 unspecified atom stereocenters. The molecule has 0 spiro atoms. The predicted molar refractivity (Wildman–Crippen MR) is 53.0 cm³/mol. The predicted octanol–water partition coefficient (Wildman–Crippen LogP) is 2.16. The van der Waals surface area contributed by atoms with Crippen molar-refractivity contribution in [3.8, 4) is 0 Å². The van der Waals surface area contributed by atoms with Crippen molar-refractivity contribution < 1.29 is 13.9 Å². The molecule has 0 radical (unpaired) electrons. The Labute approximate surface area is 85.5 Å². The lowest BCUT2D eigenvalue weighted by Gasteiger charge is -2.03. The Hall–Kier alpha value is -1.97. The summed E-state index contributed by atoms with van der Waals surface area (Å²) in [6.45, 7) is 0. The summed E-state index contributed by atoms with van der Waals surface area (Å²) in [6.07, 6.45) is 1.45. The molecule has 0 saturated carbocycles. The molecule has 1 heterocycles. The van der Waals surface area contributed by atoms with Gasteiger partial charge < -0.3 is 4.74 Å². The van der Waals surface area contributed by atoms with Crippen molar-refractivity contribution in [2.24, 2.45) is 0 Å². The van der Waals surface area contributed by atoms with Gasteiger partial charge in [-0.2, -0.15) is 0 Å². The molecule has 2 aromatic rings. The second kappa shape index (κ2) is 3.65. The van der Waals surface area contributed by atoms with E-state index in [0.717, 1.165) is 0 Å². The van der Waals surface area contributed by atoms with Gasteiger partial charge in [0.05, 0.1) is 12.5 Å². The van der Waals surface area contributed by atoms with Crippen LogP contribution in [0.25, 0.3) is 10.8 Å². The number of carbonyl (C=O) groups is 1.